The molecule has 2 aliphatic rings. The second-order valence-corrected chi connectivity index (χ2v) is 4.18. The fourth-order valence-electron chi connectivity index (χ4n) is 2.46. The zero-order chi connectivity index (χ0) is 8.22. The molecule has 0 bridgehead atoms. The maximum absolute atomic E-state index is 10.7. The van der Waals surface area contributed by atoms with Gasteiger partial charge < -0.3 is 10.4 Å². The van der Waals surface area contributed by atoms with E-state index in [0.717, 1.165) is 6.54 Å². The van der Waals surface area contributed by atoms with E-state index in [-0.39, 0.29) is 41.0 Å². The number of carbonyl (C=O) groups is 1. The molecule has 0 aromatic heterocycles. The van der Waals surface area contributed by atoms with E-state index in [1.165, 1.54) is 0 Å². The van der Waals surface area contributed by atoms with Crippen molar-refractivity contribution in [3.05, 3.63) is 0 Å². The first kappa shape index (κ1) is 10.5. The number of fused-ring (bicyclic) bond motifs is 1. The monoisotopic (exact) mass is 179 g/mol. The van der Waals surface area contributed by atoms with E-state index in [2.05, 4.69) is 19.2 Å². The van der Waals surface area contributed by atoms with Gasteiger partial charge in [-0.05, 0) is 23.8 Å². The van der Waals surface area contributed by atoms with Crippen LogP contribution in [0.15, 0.2) is 0 Å². The zero-order valence-corrected chi connectivity index (χ0v) is 6.79. The molecule has 64 valence electrons. The molecular weight excluding hydrogens is 165 g/mol. The minimum absolute atomic E-state index is 0. The molecule has 2 rings (SSSR count). The van der Waals surface area contributed by atoms with Crippen molar-refractivity contribution >= 4 is 35.5 Å². The van der Waals surface area contributed by atoms with Gasteiger partial charge in [-0.25, -0.2) is 0 Å². The molecule has 3 nitrogen and oxygen atoms in total. The molecule has 2 fully saturated rings. The Morgan fingerprint density at radius 3 is 2.42 bits per heavy atom. The van der Waals surface area contributed by atoms with Crippen LogP contribution >= 0.6 is 0 Å². The Balaban J connectivity index is 0.000000720. The molecule has 0 aromatic rings. The molecule has 0 unspecified atom stereocenters. The summed E-state index contributed by atoms with van der Waals surface area (Å²) in [7, 11) is 0. The Morgan fingerprint density at radius 1 is 1.58 bits per heavy atom. The molecule has 0 aromatic carbocycles. The Bertz CT molecular complexity index is 217. The Labute approximate surface area is 94.2 Å². The van der Waals surface area contributed by atoms with Gasteiger partial charge in [-0.3, -0.25) is 4.79 Å². The fourth-order valence-corrected chi connectivity index (χ4v) is 2.46. The second kappa shape index (κ2) is 2.98. The van der Waals surface area contributed by atoms with Gasteiger partial charge in [-0.15, -0.1) is 0 Å². The second-order valence-electron chi connectivity index (χ2n) is 4.18. The van der Waals surface area contributed by atoms with E-state index in [0.29, 0.717) is 11.8 Å². The summed E-state index contributed by atoms with van der Waals surface area (Å²) in [6.45, 7) is 5.19. The molecule has 2 N–H and O–H groups in total. The van der Waals surface area contributed by atoms with Gasteiger partial charge in [0.15, 0.2) is 0 Å². The molecule has 3 atom stereocenters. The third kappa shape index (κ3) is 1.23. The van der Waals surface area contributed by atoms with Gasteiger partial charge in [-0.1, -0.05) is 13.8 Å². The van der Waals surface area contributed by atoms with Crippen LogP contribution in [0.5, 0.6) is 0 Å². The van der Waals surface area contributed by atoms with E-state index in [1.54, 1.807) is 0 Å². The van der Waals surface area contributed by atoms with E-state index < -0.39 is 5.97 Å². The molecule has 1 heterocycles. The first-order valence-corrected chi connectivity index (χ1v) is 4.01. The summed E-state index contributed by atoms with van der Waals surface area (Å²) in [6, 6.07) is -0.282. The zero-order valence-electron chi connectivity index (χ0n) is 6.79. The predicted octanol–water partition coefficient (Wildman–Crippen LogP) is -0.334. The van der Waals surface area contributed by atoms with Crippen LogP contribution in [0.1, 0.15) is 13.8 Å². The maximum atomic E-state index is 10.7. The van der Waals surface area contributed by atoms with Crippen molar-refractivity contribution in [3.8, 4) is 0 Å². The van der Waals surface area contributed by atoms with Gasteiger partial charge in [0.1, 0.15) is 6.04 Å². The third-order valence-electron chi connectivity index (χ3n) is 3.32. The summed E-state index contributed by atoms with van der Waals surface area (Å²) < 4.78 is 0. The molecule has 0 radical (unpaired) electrons. The van der Waals surface area contributed by atoms with Crippen LogP contribution in [0.2, 0.25) is 0 Å². The van der Waals surface area contributed by atoms with Crippen LogP contribution in [0.3, 0.4) is 0 Å². The van der Waals surface area contributed by atoms with Crippen LogP contribution in [0, 0.1) is 17.3 Å². The van der Waals surface area contributed by atoms with Gasteiger partial charge in [0.25, 0.3) is 0 Å². The molecule has 1 aliphatic carbocycles. The van der Waals surface area contributed by atoms with Crippen molar-refractivity contribution in [3.63, 3.8) is 0 Å². The van der Waals surface area contributed by atoms with Crippen LogP contribution in [-0.4, -0.2) is 53.2 Å². The summed E-state index contributed by atoms with van der Waals surface area (Å²) >= 11 is 0. The number of aliphatic carboxylic acids is 1. The fraction of sp³-hybridized carbons (Fsp3) is 0.875. The summed E-state index contributed by atoms with van der Waals surface area (Å²) in [5.41, 5.74) is 0.272. The summed E-state index contributed by atoms with van der Waals surface area (Å²) in [6.07, 6.45) is 0. The Morgan fingerprint density at radius 2 is 2.17 bits per heavy atom. The van der Waals surface area contributed by atoms with Gasteiger partial charge in [0.2, 0.25) is 0 Å². The summed E-state index contributed by atoms with van der Waals surface area (Å²) in [5.74, 6) is 0.284. The molecule has 4 heteroatoms. The number of rotatable bonds is 1. The van der Waals surface area contributed by atoms with E-state index >= 15 is 0 Å². The van der Waals surface area contributed by atoms with E-state index in [9.17, 15) is 4.79 Å². The quantitative estimate of drug-likeness (QED) is 0.542. The SMILES string of the molecule is CC1(C)[C@@H]2[C@@H](C(=O)O)NC[C@@H]21.[NaH]. The average Bonchev–Trinajstić information content (AvgIpc) is 2.34. The summed E-state index contributed by atoms with van der Waals surface area (Å²) in [5, 5.41) is 11.8. The van der Waals surface area contributed by atoms with Gasteiger partial charge in [-0.2, -0.15) is 0 Å². The average molecular weight is 179 g/mol. The standard InChI is InChI=1S/C8H13NO2.Na.H/c1-8(2)4-3-9-6(5(4)8)7(10)11;;/h4-6,9H,3H2,1-2H3,(H,10,11);;/t4-,5-,6-;;/m0../s1. The number of carboxylic acids is 1. The normalized spacial score (nSPS) is 41.3. The van der Waals surface area contributed by atoms with Crippen molar-refractivity contribution in [2.45, 2.75) is 19.9 Å². The first-order chi connectivity index (χ1) is 5.05. The minimum atomic E-state index is -0.692. The molecule has 1 aliphatic heterocycles. The van der Waals surface area contributed by atoms with Crippen molar-refractivity contribution < 1.29 is 9.90 Å². The van der Waals surface area contributed by atoms with Crippen LogP contribution in [0.25, 0.3) is 0 Å². The van der Waals surface area contributed by atoms with Crippen molar-refractivity contribution in [1.82, 2.24) is 5.32 Å². The number of hydrogen-bond donors (Lipinski definition) is 2. The van der Waals surface area contributed by atoms with Gasteiger partial charge in [0, 0.05) is 0 Å². The van der Waals surface area contributed by atoms with Crippen molar-refractivity contribution in [2.24, 2.45) is 17.3 Å². The third-order valence-corrected chi connectivity index (χ3v) is 3.32. The predicted molar refractivity (Wildman–Crippen MR) is 47.3 cm³/mol. The molecule has 0 amide bonds. The van der Waals surface area contributed by atoms with E-state index in [1.807, 2.05) is 0 Å². The van der Waals surface area contributed by atoms with Crippen molar-refractivity contribution in [1.29, 1.82) is 0 Å². The van der Waals surface area contributed by atoms with E-state index in [4.69, 9.17) is 5.11 Å². The van der Waals surface area contributed by atoms with Crippen LogP contribution in [-0.2, 0) is 4.79 Å². The number of piperidine rings is 1. The Kier molecular flexibility index (Phi) is 2.61. The topological polar surface area (TPSA) is 49.3 Å². The van der Waals surface area contributed by atoms with Crippen molar-refractivity contribution in [2.75, 3.05) is 6.54 Å². The van der Waals surface area contributed by atoms with Crippen LogP contribution in [0.4, 0.5) is 0 Å². The Hall–Kier alpha value is 0.430. The summed E-state index contributed by atoms with van der Waals surface area (Å²) in [4.78, 5) is 10.7. The first-order valence-electron chi connectivity index (χ1n) is 4.01. The number of carboxylic acid groups (broad SMARTS) is 1. The number of nitrogens with one attached hydrogen (secondary N) is 1. The molecule has 0 spiro atoms. The molecule has 1 saturated carbocycles. The van der Waals surface area contributed by atoms with Crippen LogP contribution < -0.4 is 5.32 Å². The molecule has 12 heavy (non-hydrogen) atoms. The van der Waals surface area contributed by atoms with Gasteiger partial charge in [0.05, 0.1) is 0 Å². The number of hydrogen-bond acceptors (Lipinski definition) is 2. The molecular formula is C8H14NNaO2. The molecule has 1 saturated heterocycles. The van der Waals surface area contributed by atoms with Gasteiger partial charge >= 0.3 is 35.5 Å².